The van der Waals surface area contributed by atoms with E-state index < -0.39 is 0 Å². The van der Waals surface area contributed by atoms with Gasteiger partial charge in [-0.15, -0.1) is 0 Å². The van der Waals surface area contributed by atoms with E-state index in [9.17, 15) is 4.79 Å². The molecular weight excluding hydrogens is 313 g/mol. The summed E-state index contributed by atoms with van der Waals surface area (Å²) in [5.41, 5.74) is 1.66. The lowest BCUT2D eigenvalue weighted by atomic mass is 9.99. The highest BCUT2D eigenvalue weighted by molar-refractivity contribution is 14.1. The van der Waals surface area contributed by atoms with Crippen LogP contribution in [-0.4, -0.2) is 5.78 Å². The van der Waals surface area contributed by atoms with E-state index in [0.29, 0.717) is 18.8 Å². The number of benzene rings is 1. The molecule has 0 aromatic heterocycles. The van der Waals surface area contributed by atoms with Gasteiger partial charge in [0.2, 0.25) is 0 Å². The van der Waals surface area contributed by atoms with E-state index in [4.69, 9.17) is 5.26 Å². The Labute approximate surface area is 110 Å². The lowest BCUT2D eigenvalue weighted by Crippen LogP contribution is -2.04. The number of nitrogens with zero attached hydrogens (tertiary/aromatic N) is 1. The van der Waals surface area contributed by atoms with Gasteiger partial charge in [-0.05, 0) is 46.2 Å². The number of nitriles is 1. The molecule has 0 heterocycles. The average molecular weight is 327 g/mol. The fourth-order valence-corrected chi connectivity index (χ4v) is 1.98. The van der Waals surface area contributed by atoms with Crippen molar-refractivity contribution in [2.45, 2.75) is 26.7 Å². The first-order valence-electron chi connectivity index (χ1n) is 5.23. The van der Waals surface area contributed by atoms with Gasteiger partial charge in [-0.3, -0.25) is 4.79 Å². The van der Waals surface area contributed by atoms with Crippen LogP contribution in [0.2, 0.25) is 0 Å². The summed E-state index contributed by atoms with van der Waals surface area (Å²) in [5.74, 6) is 0.525. The van der Waals surface area contributed by atoms with Crippen molar-refractivity contribution < 1.29 is 4.79 Å². The SMILES string of the molecule is CC(C)CC(=O)c1ccc(I)c(CC#N)c1. The van der Waals surface area contributed by atoms with E-state index in [2.05, 4.69) is 28.7 Å². The first kappa shape index (κ1) is 13.2. The lowest BCUT2D eigenvalue weighted by Gasteiger charge is -2.06. The summed E-state index contributed by atoms with van der Waals surface area (Å²) in [4.78, 5) is 11.8. The zero-order chi connectivity index (χ0) is 12.1. The number of ketones is 1. The summed E-state index contributed by atoms with van der Waals surface area (Å²) in [6.07, 6.45) is 0.924. The minimum Gasteiger partial charge on any atom is -0.294 e. The lowest BCUT2D eigenvalue weighted by molar-refractivity contribution is 0.0968. The van der Waals surface area contributed by atoms with Gasteiger partial charge in [-0.25, -0.2) is 0 Å². The predicted octanol–water partition coefficient (Wildman–Crippen LogP) is 3.59. The largest absolute Gasteiger partial charge is 0.294 e. The molecule has 84 valence electrons. The molecule has 0 amide bonds. The first-order chi connectivity index (χ1) is 7.54. The molecule has 0 N–H and O–H groups in total. The Hall–Kier alpha value is -0.890. The van der Waals surface area contributed by atoms with Gasteiger partial charge in [0.25, 0.3) is 0 Å². The van der Waals surface area contributed by atoms with Gasteiger partial charge in [0.15, 0.2) is 5.78 Å². The van der Waals surface area contributed by atoms with Crippen molar-refractivity contribution in [2.24, 2.45) is 5.92 Å². The third-order valence-corrected chi connectivity index (χ3v) is 3.28. The Balaban J connectivity index is 2.94. The van der Waals surface area contributed by atoms with Crippen molar-refractivity contribution in [3.05, 3.63) is 32.9 Å². The van der Waals surface area contributed by atoms with Gasteiger partial charge < -0.3 is 0 Å². The zero-order valence-electron chi connectivity index (χ0n) is 9.46. The number of hydrogen-bond donors (Lipinski definition) is 0. The molecule has 0 aliphatic rings. The van der Waals surface area contributed by atoms with E-state index in [1.807, 2.05) is 32.0 Å². The van der Waals surface area contributed by atoms with Crippen LogP contribution in [0.4, 0.5) is 0 Å². The summed E-state index contributed by atoms with van der Waals surface area (Å²) in [6.45, 7) is 4.06. The van der Waals surface area contributed by atoms with Gasteiger partial charge in [0.1, 0.15) is 0 Å². The molecule has 1 aromatic carbocycles. The van der Waals surface area contributed by atoms with E-state index in [1.165, 1.54) is 0 Å². The Morgan fingerprint density at radius 3 is 2.75 bits per heavy atom. The minimum absolute atomic E-state index is 0.158. The summed E-state index contributed by atoms with van der Waals surface area (Å²) in [5, 5.41) is 8.68. The molecule has 0 saturated carbocycles. The molecule has 0 radical (unpaired) electrons. The molecule has 1 aromatic rings. The van der Waals surface area contributed by atoms with Crippen LogP contribution in [-0.2, 0) is 6.42 Å². The summed E-state index contributed by atoms with van der Waals surface area (Å²) >= 11 is 2.19. The van der Waals surface area contributed by atoms with Crippen molar-refractivity contribution >= 4 is 28.4 Å². The third kappa shape index (κ3) is 3.60. The molecule has 0 fully saturated rings. The van der Waals surface area contributed by atoms with Crippen LogP contribution in [0.5, 0.6) is 0 Å². The monoisotopic (exact) mass is 327 g/mol. The van der Waals surface area contributed by atoms with Crippen LogP contribution in [0.25, 0.3) is 0 Å². The highest BCUT2D eigenvalue weighted by Gasteiger charge is 2.10. The van der Waals surface area contributed by atoms with Crippen molar-refractivity contribution in [1.29, 1.82) is 5.26 Å². The molecule has 3 heteroatoms. The van der Waals surface area contributed by atoms with E-state index >= 15 is 0 Å². The number of Topliss-reactive ketones (excluding diaryl/α,β-unsaturated/α-hetero) is 1. The normalized spacial score (nSPS) is 10.2. The standard InChI is InChI=1S/C13H14INO/c1-9(2)7-13(16)11-3-4-12(14)10(8-11)5-6-15/h3-4,8-9H,5,7H2,1-2H3. The maximum absolute atomic E-state index is 11.8. The molecule has 2 nitrogen and oxygen atoms in total. The molecule has 1 rings (SSSR count). The fourth-order valence-electron chi connectivity index (χ4n) is 1.46. The molecule has 0 saturated heterocycles. The maximum Gasteiger partial charge on any atom is 0.163 e. The summed E-state index contributed by atoms with van der Waals surface area (Å²) in [6, 6.07) is 7.70. The van der Waals surface area contributed by atoms with Gasteiger partial charge in [0.05, 0.1) is 12.5 Å². The highest BCUT2D eigenvalue weighted by atomic mass is 127. The van der Waals surface area contributed by atoms with Crippen molar-refractivity contribution in [3.63, 3.8) is 0 Å². The second-order valence-electron chi connectivity index (χ2n) is 4.16. The molecular formula is C13H14INO. The minimum atomic E-state index is 0.158. The smallest absolute Gasteiger partial charge is 0.163 e. The Kier molecular flexibility index (Phi) is 4.94. The summed E-state index contributed by atoms with van der Waals surface area (Å²) < 4.78 is 1.04. The first-order valence-corrected chi connectivity index (χ1v) is 6.31. The van der Waals surface area contributed by atoms with Crippen LogP contribution in [0.1, 0.15) is 36.2 Å². The quantitative estimate of drug-likeness (QED) is 0.626. The average Bonchev–Trinajstić information content (AvgIpc) is 2.20. The third-order valence-electron chi connectivity index (χ3n) is 2.23. The highest BCUT2D eigenvalue weighted by Crippen LogP contribution is 2.17. The van der Waals surface area contributed by atoms with Gasteiger partial charge in [0, 0.05) is 15.6 Å². The second-order valence-corrected chi connectivity index (χ2v) is 5.32. The topological polar surface area (TPSA) is 40.9 Å². The number of carbonyl (C=O) groups is 1. The molecule has 0 unspecified atom stereocenters. The predicted molar refractivity (Wildman–Crippen MR) is 72.3 cm³/mol. The Morgan fingerprint density at radius 2 is 2.19 bits per heavy atom. The second kappa shape index (κ2) is 6.00. The summed E-state index contributed by atoms with van der Waals surface area (Å²) in [7, 11) is 0. The van der Waals surface area contributed by atoms with Crippen LogP contribution in [0.3, 0.4) is 0 Å². The van der Waals surface area contributed by atoms with Crippen LogP contribution >= 0.6 is 22.6 Å². The molecule has 0 bridgehead atoms. The van der Waals surface area contributed by atoms with Gasteiger partial charge in [-0.2, -0.15) is 5.26 Å². The van der Waals surface area contributed by atoms with Crippen molar-refractivity contribution in [3.8, 4) is 6.07 Å². The molecule has 0 aliphatic carbocycles. The zero-order valence-corrected chi connectivity index (χ0v) is 11.6. The number of rotatable bonds is 4. The Bertz CT molecular complexity index is 432. The number of carbonyl (C=O) groups excluding carboxylic acids is 1. The number of hydrogen-bond acceptors (Lipinski definition) is 2. The van der Waals surface area contributed by atoms with Crippen LogP contribution < -0.4 is 0 Å². The van der Waals surface area contributed by atoms with Crippen LogP contribution in [0.15, 0.2) is 18.2 Å². The van der Waals surface area contributed by atoms with Crippen molar-refractivity contribution in [2.75, 3.05) is 0 Å². The number of halogens is 1. The van der Waals surface area contributed by atoms with Gasteiger partial charge in [-0.1, -0.05) is 19.9 Å². The van der Waals surface area contributed by atoms with Crippen LogP contribution in [0, 0.1) is 20.8 Å². The van der Waals surface area contributed by atoms with E-state index in [1.54, 1.807) is 0 Å². The Morgan fingerprint density at radius 1 is 1.50 bits per heavy atom. The van der Waals surface area contributed by atoms with Crippen molar-refractivity contribution in [1.82, 2.24) is 0 Å². The molecule has 0 atom stereocenters. The van der Waals surface area contributed by atoms with E-state index in [-0.39, 0.29) is 5.78 Å². The fraction of sp³-hybridized carbons (Fsp3) is 0.385. The molecule has 0 aliphatic heterocycles. The molecule has 16 heavy (non-hydrogen) atoms. The molecule has 0 spiro atoms. The van der Waals surface area contributed by atoms with E-state index in [0.717, 1.165) is 14.7 Å². The van der Waals surface area contributed by atoms with Gasteiger partial charge >= 0.3 is 0 Å². The maximum atomic E-state index is 11.8.